The Labute approximate surface area is 113 Å². The van der Waals surface area contributed by atoms with Crippen LogP contribution in [0.15, 0.2) is 23.1 Å². The summed E-state index contributed by atoms with van der Waals surface area (Å²) in [7, 11) is -3.97. The fourth-order valence-corrected chi connectivity index (χ4v) is 2.86. The molecule has 0 amide bonds. The van der Waals surface area contributed by atoms with Crippen LogP contribution in [0.25, 0.3) is 0 Å². The molecule has 0 unspecified atom stereocenters. The van der Waals surface area contributed by atoms with Crippen LogP contribution in [0.4, 0.5) is 8.78 Å². The summed E-state index contributed by atoms with van der Waals surface area (Å²) in [4.78, 5) is -0.638. The lowest BCUT2D eigenvalue weighted by Crippen LogP contribution is -2.25. The summed E-state index contributed by atoms with van der Waals surface area (Å²) in [5, 5.41) is 0. The van der Waals surface area contributed by atoms with Gasteiger partial charge in [0.1, 0.15) is 16.5 Å². The normalized spacial score (nSPS) is 11.7. The Morgan fingerprint density at radius 2 is 1.79 bits per heavy atom. The van der Waals surface area contributed by atoms with Crippen molar-refractivity contribution in [2.24, 2.45) is 0 Å². The van der Waals surface area contributed by atoms with Gasteiger partial charge in [0.05, 0.1) is 0 Å². The fraction of sp³-hybridized carbons (Fsp3) is 0.538. The predicted molar refractivity (Wildman–Crippen MR) is 70.3 cm³/mol. The third-order valence-electron chi connectivity index (χ3n) is 2.76. The second-order valence-corrected chi connectivity index (χ2v) is 6.12. The second-order valence-electron chi connectivity index (χ2n) is 4.39. The molecule has 6 heteroatoms. The highest BCUT2D eigenvalue weighted by Gasteiger charge is 2.19. The number of benzene rings is 1. The van der Waals surface area contributed by atoms with Gasteiger partial charge in [0.15, 0.2) is 0 Å². The summed E-state index contributed by atoms with van der Waals surface area (Å²) >= 11 is 0. The molecule has 0 heterocycles. The van der Waals surface area contributed by atoms with E-state index >= 15 is 0 Å². The average Bonchev–Trinajstić information content (AvgIpc) is 2.36. The molecule has 0 saturated heterocycles. The van der Waals surface area contributed by atoms with Crippen LogP contribution >= 0.6 is 0 Å². The van der Waals surface area contributed by atoms with E-state index in [4.69, 9.17) is 0 Å². The third-order valence-corrected chi connectivity index (χ3v) is 4.23. The van der Waals surface area contributed by atoms with E-state index in [9.17, 15) is 17.2 Å². The van der Waals surface area contributed by atoms with Gasteiger partial charge < -0.3 is 0 Å². The summed E-state index contributed by atoms with van der Waals surface area (Å²) in [6.45, 7) is 2.33. The van der Waals surface area contributed by atoms with Crippen LogP contribution in [0.3, 0.4) is 0 Å². The van der Waals surface area contributed by atoms with Crippen molar-refractivity contribution in [2.45, 2.75) is 43.9 Å². The highest BCUT2D eigenvalue weighted by atomic mass is 32.2. The van der Waals surface area contributed by atoms with Gasteiger partial charge in [0.25, 0.3) is 0 Å². The first-order valence-electron chi connectivity index (χ1n) is 6.42. The topological polar surface area (TPSA) is 46.2 Å². The molecule has 0 atom stereocenters. The largest absolute Gasteiger partial charge is 0.243 e. The van der Waals surface area contributed by atoms with Crippen molar-refractivity contribution in [2.75, 3.05) is 6.54 Å². The molecule has 0 aliphatic rings. The van der Waals surface area contributed by atoms with Crippen LogP contribution in [0, 0.1) is 11.6 Å². The molecule has 0 radical (unpaired) electrons. The van der Waals surface area contributed by atoms with E-state index in [1.54, 1.807) is 0 Å². The molecule has 0 fully saturated rings. The molecule has 0 spiro atoms. The molecule has 1 rings (SSSR count). The SMILES string of the molecule is CCCCCCCNS(=O)(=O)c1cc(F)ccc1F. The molecule has 0 saturated carbocycles. The maximum Gasteiger partial charge on any atom is 0.243 e. The summed E-state index contributed by atoms with van der Waals surface area (Å²) in [6.07, 6.45) is 4.89. The van der Waals surface area contributed by atoms with Gasteiger partial charge in [-0.3, -0.25) is 0 Å². The lowest BCUT2D eigenvalue weighted by molar-refractivity contribution is 0.542. The number of rotatable bonds is 8. The first-order chi connectivity index (χ1) is 8.97. The first kappa shape index (κ1) is 16.0. The second kappa shape index (κ2) is 7.55. The van der Waals surface area contributed by atoms with Crippen LogP contribution in [0.2, 0.25) is 0 Å². The molecular weight excluding hydrogens is 272 g/mol. The molecule has 19 heavy (non-hydrogen) atoms. The van der Waals surface area contributed by atoms with Crippen LogP contribution < -0.4 is 4.72 Å². The number of nitrogens with one attached hydrogen (secondary N) is 1. The Kier molecular flexibility index (Phi) is 6.37. The van der Waals surface area contributed by atoms with Crippen molar-refractivity contribution in [1.82, 2.24) is 4.72 Å². The van der Waals surface area contributed by atoms with Crippen molar-refractivity contribution >= 4 is 10.0 Å². The first-order valence-corrected chi connectivity index (χ1v) is 7.90. The van der Waals surface area contributed by atoms with Crippen molar-refractivity contribution in [3.05, 3.63) is 29.8 Å². The van der Waals surface area contributed by atoms with E-state index in [1.165, 1.54) is 0 Å². The van der Waals surface area contributed by atoms with Gasteiger partial charge in [-0.15, -0.1) is 0 Å². The van der Waals surface area contributed by atoms with E-state index in [1.807, 2.05) is 0 Å². The Hall–Kier alpha value is -1.01. The van der Waals surface area contributed by atoms with Crippen molar-refractivity contribution in [1.29, 1.82) is 0 Å². The molecule has 0 aliphatic heterocycles. The maximum absolute atomic E-state index is 13.4. The lowest BCUT2D eigenvalue weighted by atomic mass is 10.2. The number of unbranched alkanes of at least 4 members (excludes halogenated alkanes) is 4. The lowest BCUT2D eigenvalue weighted by Gasteiger charge is -2.07. The highest BCUT2D eigenvalue weighted by molar-refractivity contribution is 7.89. The Morgan fingerprint density at radius 1 is 1.11 bits per heavy atom. The molecular formula is C13H19F2NO2S. The Balaban J connectivity index is 2.54. The summed E-state index contributed by atoms with van der Waals surface area (Å²) < 4.78 is 52.1. The Morgan fingerprint density at radius 3 is 2.47 bits per heavy atom. The van der Waals surface area contributed by atoms with Gasteiger partial charge in [-0.2, -0.15) is 0 Å². The Bertz CT molecular complexity index is 503. The minimum atomic E-state index is -3.97. The van der Waals surface area contributed by atoms with E-state index in [0.717, 1.165) is 37.8 Å². The average molecular weight is 291 g/mol. The van der Waals surface area contributed by atoms with Gasteiger partial charge in [-0.1, -0.05) is 32.6 Å². The standard InChI is InChI=1S/C13H19F2NO2S/c1-2-3-4-5-6-9-16-19(17,18)13-10-11(14)7-8-12(13)15/h7-8,10,16H,2-6,9H2,1H3. The zero-order valence-electron chi connectivity index (χ0n) is 11.0. The molecule has 0 bridgehead atoms. The van der Waals surface area contributed by atoms with Gasteiger partial charge in [0, 0.05) is 6.54 Å². The van der Waals surface area contributed by atoms with E-state index in [2.05, 4.69) is 11.6 Å². The van der Waals surface area contributed by atoms with E-state index < -0.39 is 26.6 Å². The van der Waals surface area contributed by atoms with Crippen LogP contribution in [-0.4, -0.2) is 15.0 Å². The van der Waals surface area contributed by atoms with Crippen LogP contribution in [0.1, 0.15) is 39.0 Å². The van der Waals surface area contributed by atoms with Gasteiger partial charge in [0.2, 0.25) is 10.0 Å². The summed E-state index contributed by atoms with van der Waals surface area (Å²) in [6, 6.07) is 2.39. The highest BCUT2D eigenvalue weighted by Crippen LogP contribution is 2.15. The fourth-order valence-electron chi connectivity index (χ4n) is 1.70. The van der Waals surface area contributed by atoms with Gasteiger partial charge >= 0.3 is 0 Å². The smallest absolute Gasteiger partial charge is 0.211 e. The third kappa shape index (κ3) is 5.24. The minimum absolute atomic E-state index is 0.238. The van der Waals surface area contributed by atoms with Gasteiger partial charge in [-0.25, -0.2) is 21.9 Å². The van der Waals surface area contributed by atoms with Crippen molar-refractivity contribution in [3.63, 3.8) is 0 Å². The molecule has 108 valence electrons. The molecule has 1 aromatic rings. The molecule has 1 aromatic carbocycles. The predicted octanol–water partition coefficient (Wildman–Crippen LogP) is 3.21. The quantitative estimate of drug-likeness (QED) is 0.748. The maximum atomic E-state index is 13.4. The molecule has 0 aliphatic carbocycles. The monoisotopic (exact) mass is 291 g/mol. The summed E-state index contributed by atoms with van der Waals surface area (Å²) in [5.41, 5.74) is 0. The number of hydrogen-bond acceptors (Lipinski definition) is 2. The molecule has 3 nitrogen and oxygen atoms in total. The zero-order chi connectivity index (χ0) is 14.3. The van der Waals surface area contributed by atoms with Crippen molar-refractivity contribution in [3.8, 4) is 0 Å². The van der Waals surface area contributed by atoms with Crippen molar-refractivity contribution < 1.29 is 17.2 Å². The van der Waals surface area contributed by atoms with E-state index in [0.29, 0.717) is 12.5 Å². The molecule has 1 N–H and O–H groups in total. The minimum Gasteiger partial charge on any atom is -0.211 e. The zero-order valence-corrected chi connectivity index (χ0v) is 11.8. The van der Waals surface area contributed by atoms with Crippen LogP contribution in [-0.2, 0) is 10.0 Å². The molecule has 0 aromatic heterocycles. The number of hydrogen-bond donors (Lipinski definition) is 1. The van der Waals surface area contributed by atoms with Gasteiger partial charge in [-0.05, 0) is 24.6 Å². The number of sulfonamides is 1. The van der Waals surface area contributed by atoms with E-state index in [-0.39, 0.29) is 6.54 Å². The number of halogens is 2. The van der Waals surface area contributed by atoms with Crippen LogP contribution in [0.5, 0.6) is 0 Å². The summed E-state index contributed by atoms with van der Waals surface area (Å²) in [5.74, 6) is -1.72.